The van der Waals surface area contributed by atoms with Gasteiger partial charge in [0.2, 0.25) is 0 Å². The van der Waals surface area contributed by atoms with Gasteiger partial charge in [0.25, 0.3) is 0 Å². The van der Waals surface area contributed by atoms with Gasteiger partial charge in [0.15, 0.2) is 23.0 Å². The van der Waals surface area contributed by atoms with E-state index in [0.717, 1.165) is 50.0 Å². The highest BCUT2D eigenvalue weighted by Gasteiger charge is 2.27. The molecule has 0 radical (unpaired) electrons. The van der Waals surface area contributed by atoms with Gasteiger partial charge >= 0.3 is 30.4 Å². The zero-order valence-electron chi connectivity index (χ0n) is 25.4. The average molecular weight is 683 g/mol. The zero-order valence-corrected chi connectivity index (χ0v) is 27.8. The fourth-order valence-corrected chi connectivity index (χ4v) is 6.16. The first kappa shape index (κ1) is 33.9. The van der Waals surface area contributed by atoms with Crippen molar-refractivity contribution in [2.75, 3.05) is 39.6 Å². The molecule has 1 aliphatic carbocycles. The molecule has 3 aromatic carbocycles. The summed E-state index contributed by atoms with van der Waals surface area (Å²) < 4.78 is 105. The van der Waals surface area contributed by atoms with Crippen LogP contribution in [0.5, 0.6) is 34.5 Å². The van der Waals surface area contributed by atoms with Gasteiger partial charge in [-0.2, -0.15) is 25.3 Å². The van der Waals surface area contributed by atoms with Crippen LogP contribution in [0.15, 0.2) is 60.2 Å². The lowest BCUT2D eigenvalue weighted by atomic mass is 9.96. The molecule has 0 bridgehead atoms. The summed E-state index contributed by atoms with van der Waals surface area (Å²) in [7, 11) is -9.21. The van der Waals surface area contributed by atoms with E-state index < -0.39 is 30.4 Å². The zero-order chi connectivity index (χ0) is 33.0. The standard InChI is InChI=1S/C30H34O12S3/c1-37-27-18-24(21-11-14-23(15-12-21)40-43(3,31)32)29(38-2)30(42-45(5,35)36)28(27)22-13-16-25(26(17-22)41-44(4,33)34)39-19-20-9-7-6-8-10-20/h9,11-18H,6-8,10,19H2,1-5H3. The van der Waals surface area contributed by atoms with Crippen molar-refractivity contribution in [3.63, 3.8) is 0 Å². The van der Waals surface area contributed by atoms with Gasteiger partial charge in [-0.1, -0.05) is 24.3 Å². The van der Waals surface area contributed by atoms with Gasteiger partial charge in [-0.25, -0.2) is 0 Å². The summed E-state index contributed by atoms with van der Waals surface area (Å²) in [6.45, 7) is 0.252. The Labute approximate surface area is 263 Å². The van der Waals surface area contributed by atoms with Crippen molar-refractivity contribution in [3.8, 4) is 56.8 Å². The maximum Gasteiger partial charge on any atom is 0.306 e. The van der Waals surface area contributed by atoms with E-state index in [1.807, 2.05) is 0 Å². The van der Waals surface area contributed by atoms with Crippen LogP contribution in [-0.4, -0.2) is 64.8 Å². The third-order valence-electron chi connectivity index (χ3n) is 6.54. The van der Waals surface area contributed by atoms with Crippen molar-refractivity contribution >= 4 is 30.4 Å². The maximum atomic E-state index is 12.5. The van der Waals surface area contributed by atoms with Crippen LogP contribution in [0, 0.1) is 0 Å². The predicted molar refractivity (Wildman–Crippen MR) is 169 cm³/mol. The Morgan fingerprint density at radius 2 is 1.29 bits per heavy atom. The molecule has 0 atom stereocenters. The molecule has 4 rings (SSSR count). The highest BCUT2D eigenvalue weighted by molar-refractivity contribution is 7.86. The second-order valence-electron chi connectivity index (χ2n) is 10.3. The Morgan fingerprint density at radius 3 is 1.84 bits per heavy atom. The van der Waals surface area contributed by atoms with Crippen LogP contribution < -0.4 is 26.8 Å². The second-order valence-corrected chi connectivity index (χ2v) is 15.0. The molecule has 0 aliphatic heterocycles. The van der Waals surface area contributed by atoms with E-state index in [0.29, 0.717) is 11.1 Å². The topological polar surface area (TPSA) is 158 Å². The quantitative estimate of drug-likeness (QED) is 0.177. The minimum atomic E-state index is -4.14. The van der Waals surface area contributed by atoms with E-state index in [9.17, 15) is 25.3 Å². The highest BCUT2D eigenvalue weighted by Crippen LogP contribution is 2.52. The molecule has 0 heterocycles. The maximum absolute atomic E-state index is 12.5. The molecule has 15 heteroatoms. The predicted octanol–water partition coefficient (Wildman–Crippen LogP) is 4.93. The lowest BCUT2D eigenvalue weighted by molar-refractivity contribution is 0.331. The molecule has 0 spiro atoms. The molecular weight excluding hydrogens is 649 g/mol. The molecule has 0 unspecified atom stereocenters. The lowest BCUT2D eigenvalue weighted by Gasteiger charge is -2.21. The summed E-state index contributed by atoms with van der Waals surface area (Å²) in [4.78, 5) is 0. The van der Waals surface area contributed by atoms with Crippen molar-refractivity contribution in [1.82, 2.24) is 0 Å². The first-order valence-corrected chi connectivity index (χ1v) is 19.0. The number of methoxy groups -OCH3 is 2. The van der Waals surface area contributed by atoms with E-state index >= 15 is 0 Å². The fraction of sp³-hybridized carbons (Fsp3) is 0.333. The average Bonchev–Trinajstić information content (AvgIpc) is 2.94. The Bertz CT molecular complexity index is 1910. The Hall–Kier alpha value is -3.95. The number of ether oxygens (including phenoxy) is 3. The number of benzene rings is 3. The second kappa shape index (κ2) is 13.6. The van der Waals surface area contributed by atoms with Crippen molar-refractivity contribution < 1.29 is 52.0 Å². The van der Waals surface area contributed by atoms with Gasteiger partial charge in [0, 0.05) is 5.56 Å². The summed E-state index contributed by atoms with van der Waals surface area (Å²) in [5.74, 6) is 0.0212. The van der Waals surface area contributed by atoms with Crippen LogP contribution in [0.25, 0.3) is 22.3 Å². The molecule has 45 heavy (non-hydrogen) atoms. The van der Waals surface area contributed by atoms with Gasteiger partial charge in [0.1, 0.15) is 18.1 Å². The molecule has 0 aromatic heterocycles. The third-order valence-corrected chi connectivity index (χ3v) is 7.99. The van der Waals surface area contributed by atoms with Crippen LogP contribution in [0.1, 0.15) is 25.7 Å². The molecule has 0 fully saturated rings. The molecule has 0 N–H and O–H groups in total. The molecule has 0 saturated heterocycles. The van der Waals surface area contributed by atoms with E-state index in [-0.39, 0.29) is 52.2 Å². The Balaban J connectivity index is 1.89. The minimum absolute atomic E-state index is 0.00292. The van der Waals surface area contributed by atoms with Crippen LogP contribution in [0.2, 0.25) is 0 Å². The number of allylic oxidation sites excluding steroid dienone is 1. The first-order chi connectivity index (χ1) is 21.1. The first-order valence-electron chi connectivity index (χ1n) is 13.6. The fourth-order valence-electron chi connectivity index (χ4n) is 4.78. The van der Waals surface area contributed by atoms with E-state index in [4.69, 9.17) is 26.8 Å². The van der Waals surface area contributed by atoms with Gasteiger partial charge in [-0.3, -0.25) is 0 Å². The number of hydrogen-bond acceptors (Lipinski definition) is 12. The summed E-state index contributed by atoms with van der Waals surface area (Å²) in [6, 6.07) is 12.0. The molecular formula is C30H34O12S3. The van der Waals surface area contributed by atoms with Gasteiger partial charge in [-0.15, -0.1) is 0 Å². The SMILES string of the molecule is COc1cc(-c2ccc(OS(C)(=O)=O)cc2)c(OC)c(OS(C)(=O)=O)c1-c1ccc(OCC2=CCCCC2)c(OS(C)(=O)=O)c1. The van der Waals surface area contributed by atoms with Gasteiger partial charge in [-0.05, 0) is 72.7 Å². The normalized spacial score (nSPS) is 13.8. The largest absolute Gasteiger partial charge is 0.496 e. The summed E-state index contributed by atoms with van der Waals surface area (Å²) >= 11 is 0. The van der Waals surface area contributed by atoms with Crippen molar-refractivity contribution in [2.24, 2.45) is 0 Å². The third kappa shape index (κ3) is 9.28. The van der Waals surface area contributed by atoms with Crippen molar-refractivity contribution in [1.29, 1.82) is 0 Å². The number of hydrogen-bond donors (Lipinski definition) is 0. The van der Waals surface area contributed by atoms with Crippen molar-refractivity contribution in [2.45, 2.75) is 25.7 Å². The smallest absolute Gasteiger partial charge is 0.306 e. The van der Waals surface area contributed by atoms with E-state index in [2.05, 4.69) is 6.08 Å². The van der Waals surface area contributed by atoms with Crippen molar-refractivity contribution in [3.05, 3.63) is 60.2 Å². The highest BCUT2D eigenvalue weighted by atomic mass is 32.2. The molecule has 12 nitrogen and oxygen atoms in total. The Kier molecular flexibility index (Phi) is 10.2. The van der Waals surface area contributed by atoms with E-state index in [1.165, 1.54) is 38.5 Å². The lowest BCUT2D eigenvalue weighted by Crippen LogP contribution is -2.10. The van der Waals surface area contributed by atoms with Gasteiger partial charge in [0.05, 0.1) is 38.6 Å². The summed E-state index contributed by atoms with van der Waals surface area (Å²) in [5.41, 5.74) is 2.32. The van der Waals surface area contributed by atoms with Crippen LogP contribution in [0.3, 0.4) is 0 Å². The molecule has 3 aromatic rings. The van der Waals surface area contributed by atoms with Crippen LogP contribution >= 0.6 is 0 Å². The van der Waals surface area contributed by atoms with Crippen LogP contribution in [-0.2, 0) is 30.4 Å². The number of rotatable bonds is 13. The molecule has 244 valence electrons. The van der Waals surface area contributed by atoms with Crippen LogP contribution in [0.4, 0.5) is 0 Å². The summed E-state index contributed by atoms with van der Waals surface area (Å²) in [5, 5.41) is 0. The summed E-state index contributed by atoms with van der Waals surface area (Å²) in [6.07, 6.45) is 8.76. The monoisotopic (exact) mass is 682 g/mol. The van der Waals surface area contributed by atoms with Gasteiger partial charge < -0.3 is 26.8 Å². The van der Waals surface area contributed by atoms with E-state index in [1.54, 1.807) is 24.3 Å². The molecule has 1 aliphatic rings. The molecule has 0 amide bonds. The Morgan fingerprint density at radius 1 is 0.644 bits per heavy atom. The minimum Gasteiger partial charge on any atom is -0.496 e. The molecule has 0 saturated carbocycles.